The van der Waals surface area contributed by atoms with Crippen molar-refractivity contribution in [2.24, 2.45) is 10.3 Å². The number of oxime groups is 2. The van der Waals surface area contributed by atoms with Crippen LogP contribution in [0.2, 0.25) is 0 Å². The Morgan fingerprint density at radius 1 is 0.750 bits per heavy atom. The van der Waals surface area contributed by atoms with Gasteiger partial charge in [0.25, 0.3) is 0 Å². The maximum absolute atomic E-state index is 9.36. The van der Waals surface area contributed by atoms with E-state index in [9.17, 15) is 10.4 Å². The van der Waals surface area contributed by atoms with Crippen molar-refractivity contribution in [1.29, 1.82) is 0 Å². The lowest BCUT2D eigenvalue weighted by Crippen LogP contribution is -2.08. The zero-order valence-corrected chi connectivity index (χ0v) is 16.2. The van der Waals surface area contributed by atoms with Crippen molar-refractivity contribution in [3.05, 3.63) is 60.2 Å². The summed E-state index contributed by atoms with van der Waals surface area (Å²) in [5, 5.41) is 25.7. The fourth-order valence-corrected chi connectivity index (χ4v) is 4.31. The van der Waals surface area contributed by atoms with Crippen LogP contribution in [0.25, 0.3) is 22.1 Å². The summed E-state index contributed by atoms with van der Waals surface area (Å²) in [5.74, 6) is 2.37. The first-order valence-electron chi connectivity index (χ1n) is 8.34. The van der Waals surface area contributed by atoms with E-state index in [2.05, 4.69) is 30.2 Å². The molecule has 0 unspecified atom stereocenters. The molecule has 0 bridgehead atoms. The lowest BCUT2D eigenvalue weighted by atomic mass is 10.3. The molecule has 142 valence electrons. The summed E-state index contributed by atoms with van der Waals surface area (Å²) >= 11 is 2.45. The average Bonchev–Trinajstić information content (AvgIpc) is 3.33. The molecule has 0 saturated heterocycles. The molecule has 0 fully saturated rings. The zero-order valence-electron chi connectivity index (χ0n) is 14.5. The Bertz CT molecular complexity index is 1010. The molecule has 8 nitrogen and oxygen atoms in total. The van der Waals surface area contributed by atoms with Gasteiger partial charge in [-0.1, -0.05) is 58.1 Å². The number of nitrogens with zero attached hydrogens (tertiary/aromatic N) is 4. The van der Waals surface area contributed by atoms with Gasteiger partial charge in [0.2, 0.25) is 0 Å². The molecule has 0 saturated carbocycles. The largest absolute Gasteiger partial charge is 0.410 e. The minimum atomic E-state index is 0.212. The number of hydrogen-bond acceptors (Lipinski definition) is 8. The Morgan fingerprint density at radius 3 is 1.57 bits per heavy atom. The molecule has 2 aromatic carbocycles. The number of H-pyrrole nitrogens is 2. The normalized spacial score (nSPS) is 12.9. The van der Waals surface area contributed by atoms with Gasteiger partial charge < -0.3 is 20.4 Å². The summed E-state index contributed by atoms with van der Waals surface area (Å²) in [6.07, 6.45) is 0. The number of aromatic nitrogens is 4. The molecule has 4 rings (SSSR count). The fourth-order valence-electron chi connectivity index (χ4n) is 2.69. The molecule has 10 heteroatoms. The Morgan fingerprint density at radius 2 is 1.18 bits per heavy atom. The van der Waals surface area contributed by atoms with Crippen molar-refractivity contribution < 1.29 is 10.4 Å². The van der Waals surface area contributed by atoms with Crippen LogP contribution in [-0.4, -0.2) is 40.4 Å². The predicted octanol–water partition coefficient (Wildman–Crippen LogP) is 4.18. The standard InChI is InChI=1S/C18H16N6O2S2/c25-23-17(27-9-15-19-11-5-1-2-6-12(11)20-15)18(24-26)28-10-16-21-13-7-3-4-8-14(13)22-16/h1-8,25-26H,9-10H2,(H,19,20)(H,21,22)/b23-17+,24-18+. The third-order valence-corrected chi connectivity index (χ3v) is 5.99. The molecule has 2 heterocycles. The van der Waals surface area contributed by atoms with E-state index in [-0.39, 0.29) is 10.1 Å². The van der Waals surface area contributed by atoms with E-state index in [1.165, 1.54) is 23.5 Å². The topological polar surface area (TPSA) is 123 Å². The van der Waals surface area contributed by atoms with Crippen LogP contribution < -0.4 is 0 Å². The van der Waals surface area contributed by atoms with Gasteiger partial charge in [-0.25, -0.2) is 9.97 Å². The highest BCUT2D eigenvalue weighted by Crippen LogP contribution is 2.22. The molecule has 2 aromatic heterocycles. The van der Waals surface area contributed by atoms with Gasteiger partial charge in [0.15, 0.2) is 10.1 Å². The van der Waals surface area contributed by atoms with Gasteiger partial charge in [0.05, 0.1) is 33.6 Å². The lowest BCUT2D eigenvalue weighted by molar-refractivity contribution is 0.316. The molecular weight excluding hydrogens is 396 g/mol. The van der Waals surface area contributed by atoms with Gasteiger partial charge in [-0.05, 0) is 24.3 Å². The molecule has 0 aliphatic rings. The number of benzene rings is 2. The van der Waals surface area contributed by atoms with E-state index in [0.29, 0.717) is 11.5 Å². The van der Waals surface area contributed by atoms with Crippen LogP contribution in [0.4, 0.5) is 0 Å². The predicted molar refractivity (Wildman–Crippen MR) is 113 cm³/mol. The molecule has 0 amide bonds. The van der Waals surface area contributed by atoms with E-state index >= 15 is 0 Å². The number of aromatic amines is 2. The lowest BCUT2D eigenvalue weighted by Gasteiger charge is -2.04. The van der Waals surface area contributed by atoms with Crippen molar-refractivity contribution >= 4 is 55.7 Å². The highest BCUT2D eigenvalue weighted by Gasteiger charge is 2.15. The van der Waals surface area contributed by atoms with E-state index < -0.39 is 0 Å². The number of hydrogen-bond donors (Lipinski definition) is 4. The highest BCUT2D eigenvalue weighted by molar-refractivity contribution is 8.24. The van der Waals surface area contributed by atoms with Gasteiger partial charge in [0, 0.05) is 0 Å². The third-order valence-electron chi connectivity index (χ3n) is 3.93. The molecule has 0 aliphatic heterocycles. The Labute approximate surface area is 168 Å². The number of nitrogens with one attached hydrogen (secondary N) is 2. The van der Waals surface area contributed by atoms with Crippen molar-refractivity contribution in [2.45, 2.75) is 11.5 Å². The average molecular weight is 413 g/mol. The summed E-state index contributed by atoms with van der Waals surface area (Å²) < 4.78 is 0. The summed E-state index contributed by atoms with van der Waals surface area (Å²) in [6, 6.07) is 15.4. The molecule has 0 aliphatic carbocycles. The summed E-state index contributed by atoms with van der Waals surface area (Å²) in [7, 11) is 0. The molecule has 28 heavy (non-hydrogen) atoms. The van der Waals surface area contributed by atoms with Gasteiger partial charge in [-0.15, -0.1) is 0 Å². The number of rotatable bonds is 4. The van der Waals surface area contributed by atoms with Crippen LogP contribution >= 0.6 is 23.5 Å². The van der Waals surface area contributed by atoms with Crippen LogP contribution in [0.3, 0.4) is 0 Å². The summed E-state index contributed by atoms with van der Waals surface area (Å²) in [6.45, 7) is 0. The number of thioether (sulfide) groups is 2. The molecule has 4 N–H and O–H groups in total. The Balaban J connectivity index is 1.40. The molecule has 4 aromatic rings. The van der Waals surface area contributed by atoms with Gasteiger partial charge in [-0.3, -0.25) is 0 Å². The van der Waals surface area contributed by atoms with Crippen molar-refractivity contribution in [2.75, 3.05) is 0 Å². The first-order chi connectivity index (χ1) is 13.8. The summed E-state index contributed by atoms with van der Waals surface area (Å²) in [5.41, 5.74) is 3.62. The molecular formula is C18H16N6O2S2. The van der Waals surface area contributed by atoms with E-state index in [1.807, 2.05) is 48.5 Å². The number of para-hydroxylation sites is 4. The SMILES string of the molecule is O/N=C(SCc1nc2ccccc2[nH]1)\C(=N/O)SCc1nc2ccccc2[nH]1. The second kappa shape index (κ2) is 8.36. The number of fused-ring (bicyclic) bond motifs is 2. The minimum Gasteiger partial charge on any atom is -0.410 e. The number of imidazole rings is 2. The third kappa shape index (κ3) is 3.97. The van der Waals surface area contributed by atoms with E-state index in [1.54, 1.807) is 0 Å². The van der Waals surface area contributed by atoms with Gasteiger partial charge >= 0.3 is 0 Å². The zero-order chi connectivity index (χ0) is 19.3. The van der Waals surface area contributed by atoms with Crippen LogP contribution in [-0.2, 0) is 11.5 Å². The van der Waals surface area contributed by atoms with Gasteiger partial charge in [0.1, 0.15) is 11.6 Å². The van der Waals surface area contributed by atoms with Crippen LogP contribution in [0.1, 0.15) is 11.6 Å². The second-order valence-electron chi connectivity index (χ2n) is 5.79. The van der Waals surface area contributed by atoms with Crippen molar-refractivity contribution in [1.82, 2.24) is 19.9 Å². The Hall–Kier alpha value is -2.98. The maximum Gasteiger partial charge on any atom is 0.171 e. The van der Waals surface area contributed by atoms with E-state index in [4.69, 9.17) is 0 Å². The van der Waals surface area contributed by atoms with Crippen molar-refractivity contribution in [3.63, 3.8) is 0 Å². The molecule has 0 atom stereocenters. The quantitative estimate of drug-likeness (QED) is 0.173. The van der Waals surface area contributed by atoms with Gasteiger partial charge in [-0.2, -0.15) is 0 Å². The maximum atomic E-state index is 9.36. The Kier molecular flexibility index (Phi) is 5.49. The smallest absolute Gasteiger partial charge is 0.171 e. The first-order valence-corrected chi connectivity index (χ1v) is 10.3. The monoisotopic (exact) mass is 412 g/mol. The fraction of sp³-hybridized carbons (Fsp3) is 0.111. The molecule has 0 radical (unpaired) electrons. The van der Waals surface area contributed by atoms with Crippen molar-refractivity contribution in [3.8, 4) is 0 Å². The molecule has 0 spiro atoms. The summed E-state index contributed by atoms with van der Waals surface area (Å²) in [4.78, 5) is 15.4. The first kappa shape index (κ1) is 18.4. The van der Waals surface area contributed by atoms with Crippen LogP contribution in [0, 0.1) is 0 Å². The minimum absolute atomic E-state index is 0.212. The second-order valence-corrected chi connectivity index (χ2v) is 7.72. The van der Waals surface area contributed by atoms with Crippen LogP contribution in [0.15, 0.2) is 58.8 Å². The highest BCUT2D eigenvalue weighted by atomic mass is 32.2. The van der Waals surface area contributed by atoms with E-state index in [0.717, 1.165) is 33.7 Å². The van der Waals surface area contributed by atoms with Crippen LogP contribution in [0.5, 0.6) is 0 Å².